The van der Waals surface area contributed by atoms with Gasteiger partial charge < -0.3 is 10.2 Å². The Kier molecular flexibility index (Phi) is 5.65. The highest BCUT2D eigenvalue weighted by Gasteiger charge is 2.24. The average molecular weight is 355 g/mol. The number of amides is 2. The first-order chi connectivity index (χ1) is 12.6. The number of likely N-dealkylation sites (tertiary alicyclic amines) is 1. The molecule has 0 spiro atoms. The predicted octanol–water partition coefficient (Wildman–Crippen LogP) is 2.10. The molecule has 1 aliphatic heterocycles. The van der Waals surface area contributed by atoms with Gasteiger partial charge in [0.25, 0.3) is 5.91 Å². The standard InChI is InChI=1S/C19H25N5O2/c1-3-4-18(25)23-8-5-15(6-9-23)21-19(26)16-11-14(2)12-17(22-16)24-10-7-20-13-24/h7,10-13,15H,3-6,8-9H2,1-2H3,(H,21,26). The minimum absolute atomic E-state index is 0.0761. The highest BCUT2D eigenvalue weighted by molar-refractivity contribution is 5.92. The monoisotopic (exact) mass is 355 g/mol. The minimum Gasteiger partial charge on any atom is -0.348 e. The number of pyridine rings is 1. The molecule has 7 nitrogen and oxygen atoms in total. The summed E-state index contributed by atoms with van der Waals surface area (Å²) in [5, 5.41) is 3.06. The van der Waals surface area contributed by atoms with E-state index >= 15 is 0 Å². The molecule has 2 amide bonds. The lowest BCUT2D eigenvalue weighted by Gasteiger charge is -2.32. The maximum atomic E-state index is 12.6. The van der Waals surface area contributed by atoms with Gasteiger partial charge in [-0.2, -0.15) is 0 Å². The van der Waals surface area contributed by atoms with Gasteiger partial charge in [-0.25, -0.2) is 9.97 Å². The van der Waals surface area contributed by atoms with Crippen LogP contribution in [0.25, 0.3) is 5.82 Å². The number of carbonyl (C=O) groups excluding carboxylic acids is 2. The van der Waals surface area contributed by atoms with Crippen LogP contribution in [0.3, 0.4) is 0 Å². The maximum absolute atomic E-state index is 12.6. The highest BCUT2D eigenvalue weighted by Crippen LogP contribution is 2.14. The van der Waals surface area contributed by atoms with E-state index in [9.17, 15) is 9.59 Å². The fraction of sp³-hybridized carbons (Fsp3) is 0.474. The van der Waals surface area contributed by atoms with Gasteiger partial charge in [0, 0.05) is 37.9 Å². The van der Waals surface area contributed by atoms with Crippen LogP contribution in [0.4, 0.5) is 0 Å². The summed E-state index contributed by atoms with van der Waals surface area (Å²) >= 11 is 0. The summed E-state index contributed by atoms with van der Waals surface area (Å²) in [6.07, 6.45) is 8.16. The molecule has 1 N–H and O–H groups in total. The van der Waals surface area contributed by atoms with E-state index < -0.39 is 0 Å². The van der Waals surface area contributed by atoms with E-state index in [1.807, 2.05) is 24.8 Å². The van der Waals surface area contributed by atoms with Crippen molar-refractivity contribution < 1.29 is 9.59 Å². The van der Waals surface area contributed by atoms with Gasteiger partial charge in [0.05, 0.1) is 0 Å². The summed E-state index contributed by atoms with van der Waals surface area (Å²) in [6.45, 7) is 5.35. The molecule has 2 aromatic rings. The Morgan fingerprint density at radius 1 is 1.27 bits per heavy atom. The molecule has 138 valence electrons. The van der Waals surface area contributed by atoms with Crippen LogP contribution in [0.2, 0.25) is 0 Å². The van der Waals surface area contributed by atoms with Crippen molar-refractivity contribution >= 4 is 11.8 Å². The third-order valence-corrected chi connectivity index (χ3v) is 4.60. The normalized spacial score (nSPS) is 15.1. The summed E-state index contributed by atoms with van der Waals surface area (Å²) in [5.41, 5.74) is 1.37. The number of imidazole rings is 1. The van der Waals surface area contributed by atoms with Crippen molar-refractivity contribution in [2.24, 2.45) is 0 Å². The predicted molar refractivity (Wildman–Crippen MR) is 98.1 cm³/mol. The first-order valence-electron chi connectivity index (χ1n) is 9.12. The highest BCUT2D eigenvalue weighted by atomic mass is 16.2. The van der Waals surface area contributed by atoms with E-state index in [0.717, 1.165) is 24.8 Å². The van der Waals surface area contributed by atoms with Crippen LogP contribution in [0.15, 0.2) is 30.9 Å². The molecule has 1 fully saturated rings. The number of aromatic nitrogens is 3. The summed E-state index contributed by atoms with van der Waals surface area (Å²) in [5.74, 6) is 0.712. The van der Waals surface area contributed by atoms with Crippen LogP contribution < -0.4 is 5.32 Å². The fourth-order valence-corrected chi connectivity index (χ4v) is 3.20. The van der Waals surface area contributed by atoms with Crippen molar-refractivity contribution in [3.8, 4) is 5.82 Å². The lowest BCUT2D eigenvalue weighted by Crippen LogP contribution is -2.46. The first kappa shape index (κ1) is 18.1. The SMILES string of the molecule is CCCC(=O)N1CCC(NC(=O)c2cc(C)cc(-n3ccnc3)n2)CC1. The smallest absolute Gasteiger partial charge is 0.270 e. The second kappa shape index (κ2) is 8.12. The Hall–Kier alpha value is -2.70. The van der Waals surface area contributed by atoms with Crippen LogP contribution >= 0.6 is 0 Å². The van der Waals surface area contributed by atoms with Gasteiger partial charge >= 0.3 is 0 Å². The quantitative estimate of drug-likeness (QED) is 0.891. The van der Waals surface area contributed by atoms with Crippen molar-refractivity contribution in [3.05, 3.63) is 42.1 Å². The van der Waals surface area contributed by atoms with E-state index in [1.54, 1.807) is 29.4 Å². The number of carbonyl (C=O) groups is 2. The Morgan fingerprint density at radius 3 is 2.69 bits per heavy atom. The largest absolute Gasteiger partial charge is 0.348 e. The van der Waals surface area contributed by atoms with Gasteiger partial charge in [0.1, 0.15) is 17.8 Å². The molecular weight excluding hydrogens is 330 g/mol. The second-order valence-electron chi connectivity index (χ2n) is 6.74. The van der Waals surface area contributed by atoms with Gasteiger partial charge in [-0.3, -0.25) is 14.2 Å². The van der Waals surface area contributed by atoms with Gasteiger partial charge in [-0.1, -0.05) is 6.92 Å². The molecule has 0 saturated carbocycles. The first-order valence-corrected chi connectivity index (χ1v) is 9.12. The molecule has 0 radical (unpaired) electrons. The third-order valence-electron chi connectivity index (χ3n) is 4.60. The summed E-state index contributed by atoms with van der Waals surface area (Å²) in [4.78, 5) is 35.0. The number of hydrogen-bond acceptors (Lipinski definition) is 4. The van der Waals surface area contributed by atoms with Crippen molar-refractivity contribution in [3.63, 3.8) is 0 Å². The zero-order chi connectivity index (χ0) is 18.5. The Bertz CT molecular complexity index is 764. The molecule has 0 aliphatic carbocycles. The van der Waals surface area contributed by atoms with Crippen LogP contribution in [-0.2, 0) is 4.79 Å². The molecule has 1 aliphatic rings. The number of nitrogens with zero attached hydrogens (tertiary/aromatic N) is 4. The Labute approximate surface area is 153 Å². The number of hydrogen-bond donors (Lipinski definition) is 1. The molecule has 0 unspecified atom stereocenters. The molecule has 3 heterocycles. The topological polar surface area (TPSA) is 80.1 Å². The number of rotatable bonds is 5. The van der Waals surface area contributed by atoms with Crippen molar-refractivity contribution in [2.45, 2.75) is 45.6 Å². The molecule has 2 aromatic heterocycles. The van der Waals surface area contributed by atoms with Crippen molar-refractivity contribution in [1.29, 1.82) is 0 Å². The molecule has 0 aromatic carbocycles. The van der Waals surface area contributed by atoms with E-state index in [4.69, 9.17) is 0 Å². The molecular formula is C19H25N5O2. The number of piperidine rings is 1. The lowest BCUT2D eigenvalue weighted by atomic mass is 10.0. The molecule has 26 heavy (non-hydrogen) atoms. The summed E-state index contributed by atoms with van der Waals surface area (Å²) < 4.78 is 1.78. The molecule has 1 saturated heterocycles. The van der Waals surface area contributed by atoms with E-state index in [0.29, 0.717) is 31.0 Å². The Balaban J connectivity index is 1.62. The zero-order valence-electron chi connectivity index (χ0n) is 15.3. The van der Waals surface area contributed by atoms with Gasteiger partial charge in [0.15, 0.2) is 0 Å². The summed E-state index contributed by atoms with van der Waals surface area (Å²) in [7, 11) is 0. The molecule has 0 atom stereocenters. The lowest BCUT2D eigenvalue weighted by molar-refractivity contribution is -0.132. The van der Waals surface area contributed by atoms with Gasteiger partial charge in [-0.15, -0.1) is 0 Å². The van der Waals surface area contributed by atoms with Crippen LogP contribution in [0, 0.1) is 6.92 Å². The number of nitrogens with one attached hydrogen (secondary N) is 1. The zero-order valence-corrected chi connectivity index (χ0v) is 15.3. The molecule has 7 heteroatoms. The molecule has 0 bridgehead atoms. The Morgan fingerprint density at radius 2 is 2.04 bits per heavy atom. The van der Waals surface area contributed by atoms with Crippen LogP contribution in [0.1, 0.15) is 48.7 Å². The van der Waals surface area contributed by atoms with E-state index in [1.165, 1.54) is 0 Å². The van der Waals surface area contributed by atoms with Gasteiger partial charge in [-0.05, 0) is 43.9 Å². The van der Waals surface area contributed by atoms with E-state index in [-0.39, 0.29) is 17.9 Å². The van der Waals surface area contributed by atoms with Crippen LogP contribution in [-0.4, -0.2) is 50.4 Å². The second-order valence-corrected chi connectivity index (χ2v) is 6.74. The van der Waals surface area contributed by atoms with Crippen molar-refractivity contribution in [2.75, 3.05) is 13.1 Å². The average Bonchev–Trinajstić information content (AvgIpc) is 3.17. The van der Waals surface area contributed by atoms with E-state index in [2.05, 4.69) is 15.3 Å². The summed E-state index contributed by atoms with van der Waals surface area (Å²) in [6, 6.07) is 3.78. The van der Waals surface area contributed by atoms with Gasteiger partial charge in [0.2, 0.25) is 5.91 Å². The van der Waals surface area contributed by atoms with Crippen LogP contribution in [0.5, 0.6) is 0 Å². The third kappa shape index (κ3) is 4.28. The maximum Gasteiger partial charge on any atom is 0.270 e. The molecule has 3 rings (SSSR count). The fourth-order valence-electron chi connectivity index (χ4n) is 3.20. The number of aryl methyl sites for hydroxylation is 1. The minimum atomic E-state index is -0.173. The van der Waals surface area contributed by atoms with Crippen molar-refractivity contribution in [1.82, 2.24) is 24.8 Å².